The van der Waals surface area contributed by atoms with E-state index >= 15 is 0 Å². The van der Waals surface area contributed by atoms with Crippen molar-refractivity contribution in [3.63, 3.8) is 0 Å². The molecule has 3 nitrogen and oxygen atoms in total. The molecule has 2 aliphatic carbocycles. The fourth-order valence-electron chi connectivity index (χ4n) is 3.52. The minimum Gasteiger partial charge on any atom is -0.457 e. The molecule has 0 aromatic carbocycles. The summed E-state index contributed by atoms with van der Waals surface area (Å²) in [4.78, 5) is 23.5. The highest BCUT2D eigenvalue weighted by molar-refractivity contribution is 5.93. The Morgan fingerprint density at radius 1 is 1.19 bits per heavy atom. The molecule has 86 valence electrons. The van der Waals surface area contributed by atoms with Crippen molar-refractivity contribution >= 4 is 11.8 Å². The highest BCUT2D eigenvalue weighted by Gasteiger charge is 2.57. The van der Waals surface area contributed by atoms with Crippen molar-refractivity contribution < 1.29 is 14.3 Å². The van der Waals surface area contributed by atoms with Gasteiger partial charge in [-0.05, 0) is 25.0 Å². The van der Waals surface area contributed by atoms with Crippen LogP contribution in [0.3, 0.4) is 0 Å². The molecule has 1 heterocycles. The van der Waals surface area contributed by atoms with Crippen LogP contribution in [-0.4, -0.2) is 17.9 Å². The Hall–Kier alpha value is -1.12. The number of fused-ring (bicyclic) bond motifs is 2. The van der Waals surface area contributed by atoms with Crippen molar-refractivity contribution in [2.45, 2.75) is 44.6 Å². The fraction of sp³-hybridized carbons (Fsp3) is 0.692. The molecule has 0 bridgehead atoms. The lowest BCUT2D eigenvalue weighted by molar-refractivity contribution is -0.149. The van der Waals surface area contributed by atoms with Gasteiger partial charge in [0, 0.05) is 12.3 Å². The highest BCUT2D eigenvalue weighted by Crippen LogP contribution is 2.52. The van der Waals surface area contributed by atoms with E-state index in [0.717, 1.165) is 25.7 Å². The minimum atomic E-state index is -0.330. The van der Waals surface area contributed by atoms with Gasteiger partial charge < -0.3 is 4.74 Å². The second-order valence-electron chi connectivity index (χ2n) is 5.22. The summed E-state index contributed by atoms with van der Waals surface area (Å²) in [6.45, 7) is 0. The Bertz CT molecular complexity index is 363. The van der Waals surface area contributed by atoms with Crippen molar-refractivity contribution in [2.75, 3.05) is 0 Å². The molecule has 3 heteroatoms. The Kier molecular flexibility index (Phi) is 2.16. The van der Waals surface area contributed by atoms with E-state index in [0.29, 0.717) is 6.42 Å². The van der Waals surface area contributed by atoms with Crippen LogP contribution in [-0.2, 0) is 14.3 Å². The molecule has 0 aromatic heterocycles. The Labute approximate surface area is 94.8 Å². The molecule has 0 aromatic rings. The van der Waals surface area contributed by atoms with Gasteiger partial charge in [-0.15, -0.1) is 0 Å². The number of ether oxygens (including phenoxy) is 1. The van der Waals surface area contributed by atoms with E-state index in [4.69, 9.17) is 4.74 Å². The average Bonchev–Trinajstić information content (AvgIpc) is 2.55. The molecule has 1 saturated heterocycles. The monoisotopic (exact) mass is 220 g/mol. The van der Waals surface area contributed by atoms with Gasteiger partial charge >= 0.3 is 5.97 Å². The molecule has 16 heavy (non-hydrogen) atoms. The summed E-state index contributed by atoms with van der Waals surface area (Å²) in [7, 11) is 0. The average molecular weight is 220 g/mol. The number of hydrogen-bond acceptors (Lipinski definition) is 3. The van der Waals surface area contributed by atoms with Crippen molar-refractivity contribution in [2.24, 2.45) is 11.3 Å². The van der Waals surface area contributed by atoms with Crippen LogP contribution >= 0.6 is 0 Å². The first-order valence-corrected chi connectivity index (χ1v) is 6.14. The lowest BCUT2D eigenvalue weighted by Gasteiger charge is -2.35. The van der Waals surface area contributed by atoms with Crippen LogP contribution in [0.15, 0.2) is 12.2 Å². The second-order valence-corrected chi connectivity index (χ2v) is 5.22. The number of carbonyl (C=O) groups excluding carboxylic acids is 2. The van der Waals surface area contributed by atoms with Crippen molar-refractivity contribution in [3.05, 3.63) is 12.2 Å². The van der Waals surface area contributed by atoms with Gasteiger partial charge in [-0.2, -0.15) is 0 Å². The zero-order valence-electron chi connectivity index (χ0n) is 9.28. The van der Waals surface area contributed by atoms with Crippen LogP contribution in [0.2, 0.25) is 0 Å². The van der Waals surface area contributed by atoms with E-state index in [1.165, 1.54) is 6.42 Å². The first-order chi connectivity index (χ1) is 7.72. The summed E-state index contributed by atoms with van der Waals surface area (Å²) in [5.41, 5.74) is -0.330. The van der Waals surface area contributed by atoms with Gasteiger partial charge in [0.1, 0.15) is 6.10 Å². The maximum absolute atomic E-state index is 12.1. The summed E-state index contributed by atoms with van der Waals surface area (Å²) in [6.07, 6.45) is 8.91. The molecule has 0 radical (unpaired) electrons. The Morgan fingerprint density at radius 2 is 1.94 bits per heavy atom. The molecule has 0 N–H and O–H groups in total. The molecule has 2 fully saturated rings. The van der Waals surface area contributed by atoms with Crippen molar-refractivity contribution in [3.8, 4) is 0 Å². The highest BCUT2D eigenvalue weighted by atomic mass is 16.6. The topological polar surface area (TPSA) is 43.4 Å². The lowest BCUT2D eigenvalue weighted by Crippen LogP contribution is -2.38. The smallest absolute Gasteiger partial charge is 0.313 e. The molecule has 2 unspecified atom stereocenters. The summed E-state index contributed by atoms with van der Waals surface area (Å²) in [6, 6.07) is 0. The van der Waals surface area contributed by atoms with Gasteiger partial charge in [0.25, 0.3) is 0 Å². The molecule has 0 amide bonds. The zero-order valence-corrected chi connectivity index (χ0v) is 9.28. The maximum atomic E-state index is 12.1. The Morgan fingerprint density at radius 3 is 2.69 bits per heavy atom. The normalized spacial score (nSPS) is 36.2. The molecule has 1 saturated carbocycles. The van der Waals surface area contributed by atoms with Crippen LogP contribution in [0.25, 0.3) is 0 Å². The van der Waals surface area contributed by atoms with E-state index in [2.05, 4.69) is 0 Å². The Balaban J connectivity index is 1.95. The lowest BCUT2D eigenvalue weighted by atomic mass is 9.63. The van der Waals surface area contributed by atoms with Gasteiger partial charge in [-0.3, -0.25) is 9.59 Å². The van der Waals surface area contributed by atoms with E-state index in [9.17, 15) is 9.59 Å². The third-order valence-electron chi connectivity index (χ3n) is 4.39. The number of esters is 1. The molecule has 3 aliphatic rings. The molecule has 1 aliphatic heterocycles. The number of ketones is 1. The van der Waals surface area contributed by atoms with Crippen molar-refractivity contribution in [1.29, 1.82) is 0 Å². The summed E-state index contributed by atoms with van der Waals surface area (Å²) >= 11 is 0. The molecule has 2 atom stereocenters. The number of carbonyl (C=O) groups is 2. The van der Waals surface area contributed by atoms with Gasteiger partial charge in [-0.1, -0.05) is 19.3 Å². The van der Waals surface area contributed by atoms with E-state index in [-0.39, 0.29) is 29.2 Å². The van der Waals surface area contributed by atoms with Gasteiger partial charge in [-0.25, -0.2) is 0 Å². The molecule has 3 rings (SSSR count). The van der Waals surface area contributed by atoms with E-state index < -0.39 is 0 Å². The van der Waals surface area contributed by atoms with Crippen LogP contribution in [0.1, 0.15) is 38.5 Å². The summed E-state index contributed by atoms with van der Waals surface area (Å²) in [5, 5.41) is 0. The summed E-state index contributed by atoms with van der Waals surface area (Å²) < 4.78 is 5.43. The first-order valence-electron chi connectivity index (χ1n) is 6.14. The van der Waals surface area contributed by atoms with Crippen LogP contribution in [0, 0.1) is 11.3 Å². The number of hydrogen-bond donors (Lipinski definition) is 0. The maximum Gasteiger partial charge on any atom is 0.313 e. The molecular weight excluding hydrogens is 204 g/mol. The predicted octanol–water partition coefficient (Wildman–Crippen LogP) is 2.01. The van der Waals surface area contributed by atoms with Crippen molar-refractivity contribution in [1.82, 2.24) is 0 Å². The molecular formula is C13H16O3. The van der Waals surface area contributed by atoms with E-state index in [1.54, 1.807) is 12.2 Å². The van der Waals surface area contributed by atoms with Gasteiger partial charge in [0.15, 0.2) is 5.78 Å². The second kappa shape index (κ2) is 3.44. The minimum absolute atomic E-state index is 0.0541. The van der Waals surface area contributed by atoms with Crippen LogP contribution in [0.4, 0.5) is 0 Å². The van der Waals surface area contributed by atoms with Gasteiger partial charge in [0.05, 0.1) is 5.41 Å². The predicted molar refractivity (Wildman–Crippen MR) is 57.7 cm³/mol. The third-order valence-corrected chi connectivity index (χ3v) is 4.39. The van der Waals surface area contributed by atoms with Crippen LogP contribution in [0.5, 0.6) is 0 Å². The SMILES string of the molecule is O=C1C=CC2OC(=O)C3(CCCCC3)C2C1. The molecule has 1 spiro atoms. The number of rotatable bonds is 0. The van der Waals surface area contributed by atoms with Gasteiger partial charge in [0.2, 0.25) is 0 Å². The largest absolute Gasteiger partial charge is 0.457 e. The third kappa shape index (κ3) is 1.27. The fourth-order valence-corrected chi connectivity index (χ4v) is 3.52. The first kappa shape index (κ1) is 10.1. The quantitative estimate of drug-likeness (QED) is 0.586. The van der Waals surface area contributed by atoms with Crippen LogP contribution < -0.4 is 0 Å². The zero-order chi connectivity index (χ0) is 11.2. The van der Waals surface area contributed by atoms with E-state index in [1.807, 2.05) is 0 Å². The number of allylic oxidation sites excluding steroid dienone is 1. The summed E-state index contributed by atoms with van der Waals surface area (Å²) in [5.74, 6) is 0.198. The standard InChI is InChI=1S/C13H16O3/c14-9-4-5-11-10(8-9)13(12(15)16-11)6-2-1-3-7-13/h4-5,10-11H,1-3,6-8H2.